The van der Waals surface area contributed by atoms with Gasteiger partial charge in [0.2, 0.25) is 5.88 Å². The summed E-state index contributed by atoms with van der Waals surface area (Å²) in [6.45, 7) is 10.6. The maximum absolute atomic E-state index is 13.9. The Labute approximate surface area is 256 Å². The van der Waals surface area contributed by atoms with Crippen LogP contribution in [0.25, 0.3) is 22.0 Å². The van der Waals surface area contributed by atoms with Crippen LogP contribution in [0.4, 0.5) is 0 Å². The number of H-pyrrole nitrogens is 1. The number of halogens is 1. The first-order chi connectivity index (χ1) is 20.7. The topological polar surface area (TPSA) is 89.0 Å². The van der Waals surface area contributed by atoms with E-state index in [-0.39, 0.29) is 24.1 Å². The van der Waals surface area contributed by atoms with Gasteiger partial charge in [0.15, 0.2) is 0 Å². The molecular weight excluding hydrogens is 560 g/mol. The molecule has 0 bridgehead atoms. The summed E-state index contributed by atoms with van der Waals surface area (Å²) < 4.78 is 8.38. The Kier molecular flexibility index (Phi) is 9.02. The molecule has 0 spiro atoms. The molecule has 0 fully saturated rings. The Morgan fingerprint density at radius 3 is 2.58 bits per heavy atom. The van der Waals surface area contributed by atoms with E-state index in [0.717, 1.165) is 51.7 Å². The second kappa shape index (κ2) is 12.9. The van der Waals surface area contributed by atoms with E-state index in [4.69, 9.17) is 16.3 Å². The number of fused-ring (bicyclic) bond motifs is 1. The molecule has 0 unspecified atom stereocenters. The van der Waals surface area contributed by atoms with Crippen molar-refractivity contribution in [3.8, 4) is 17.0 Å². The highest BCUT2D eigenvalue weighted by molar-refractivity contribution is 6.30. The van der Waals surface area contributed by atoms with Crippen LogP contribution in [0.1, 0.15) is 71.5 Å². The van der Waals surface area contributed by atoms with Crippen molar-refractivity contribution in [1.82, 2.24) is 19.9 Å². The van der Waals surface area contributed by atoms with Crippen LogP contribution in [0.5, 0.6) is 5.88 Å². The van der Waals surface area contributed by atoms with E-state index >= 15 is 0 Å². The van der Waals surface area contributed by atoms with Gasteiger partial charge in [-0.25, -0.2) is 4.98 Å². The van der Waals surface area contributed by atoms with Crippen LogP contribution >= 0.6 is 11.6 Å². The van der Waals surface area contributed by atoms with Gasteiger partial charge in [0.25, 0.3) is 11.5 Å². The van der Waals surface area contributed by atoms with Gasteiger partial charge in [0.05, 0.1) is 10.5 Å². The van der Waals surface area contributed by atoms with Gasteiger partial charge < -0.3 is 19.6 Å². The minimum absolute atomic E-state index is 0.131. The quantitative estimate of drug-likeness (QED) is 0.173. The molecule has 1 amide bonds. The summed E-state index contributed by atoms with van der Waals surface area (Å²) >= 11 is 6.47. The molecule has 5 aromatic rings. The molecule has 0 aliphatic heterocycles. The van der Waals surface area contributed by atoms with Crippen molar-refractivity contribution in [3.05, 3.63) is 116 Å². The lowest BCUT2D eigenvalue weighted by atomic mass is 9.95. The Balaban J connectivity index is 1.59. The van der Waals surface area contributed by atoms with Gasteiger partial charge in [-0.3, -0.25) is 9.59 Å². The van der Waals surface area contributed by atoms with Crippen LogP contribution in [0.15, 0.2) is 71.8 Å². The molecule has 0 saturated heterocycles. The molecular formula is C35H37ClN4O3. The maximum atomic E-state index is 13.9. The van der Waals surface area contributed by atoms with Crippen LogP contribution in [-0.4, -0.2) is 20.4 Å². The van der Waals surface area contributed by atoms with Gasteiger partial charge >= 0.3 is 0 Å². The van der Waals surface area contributed by atoms with E-state index < -0.39 is 0 Å². The number of aromatic nitrogens is 3. The van der Waals surface area contributed by atoms with Crippen molar-refractivity contribution in [1.29, 1.82) is 0 Å². The number of hydrogen-bond donors (Lipinski definition) is 2. The van der Waals surface area contributed by atoms with Gasteiger partial charge in [-0.2, -0.15) is 0 Å². The highest BCUT2D eigenvalue weighted by Gasteiger charge is 2.22. The first-order valence-electron chi connectivity index (χ1n) is 14.6. The van der Waals surface area contributed by atoms with Gasteiger partial charge in [0.1, 0.15) is 6.61 Å². The fraction of sp³-hybridized carbons (Fsp3) is 0.286. The van der Waals surface area contributed by atoms with E-state index in [1.54, 1.807) is 6.20 Å². The summed E-state index contributed by atoms with van der Waals surface area (Å²) in [5.41, 5.74) is 7.00. The number of hydrogen-bond acceptors (Lipinski definition) is 4. The monoisotopic (exact) mass is 596 g/mol. The molecule has 43 heavy (non-hydrogen) atoms. The summed E-state index contributed by atoms with van der Waals surface area (Å²) in [5, 5.41) is 4.46. The van der Waals surface area contributed by atoms with Crippen LogP contribution in [0, 0.1) is 13.8 Å². The average Bonchev–Trinajstić information content (AvgIpc) is 3.43. The Morgan fingerprint density at radius 1 is 1.09 bits per heavy atom. The minimum Gasteiger partial charge on any atom is -0.472 e. The predicted molar refractivity (Wildman–Crippen MR) is 173 cm³/mol. The number of carbonyl (C=O) groups excluding carboxylic acids is 1. The molecule has 5 rings (SSSR count). The van der Waals surface area contributed by atoms with Gasteiger partial charge in [-0.15, -0.1) is 0 Å². The number of nitrogens with zero attached hydrogens (tertiary/aromatic N) is 2. The normalized spacial score (nSPS) is 11.3. The Hall–Kier alpha value is -4.36. The molecule has 0 radical (unpaired) electrons. The summed E-state index contributed by atoms with van der Waals surface area (Å²) in [5.74, 6) is 0.166. The molecule has 8 heteroatoms. The number of pyridine rings is 2. The maximum Gasteiger partial charge on any atom is 0.253 e. The molecule has 3 aromatic heterocycles. The summed E-state index contributed by atoms with van der Waals surface area (Å²) in [6.07, 6.45) is 5.27. The SMILES string of the molecule is CCCc1cc(C)[nH]c(=O)c1CNC(=O)c1cc(-c2cc(Cl)cnc2OCc2ccccc2)c2ccn(C(C)C)c2c1C. The molecule has 7 nitrogen and oxygen atoms in total. The first kappa shape index (κ1) is 30.1. The predicted octanol–water partition coefficient (Wildman–Crippen LogP) is 7.70. The zero-order valence-electron chi connectivity index (χ0n) is 25.3. The zero-order valence-corrected chi connectivity index (χ0v) is 26.0. The van der Waals surface area contributed by atoms with Gasteiger partial charge in [-0.1, -0.05) is 55.3 Å². The average molecular weight is 597 g/mol. The highest BCUT2D eigenvalue weighted by Crippen LogP contribution is 2.39. The van der Waals surface area contributed by atoms with Crippen LogP contribution in [0.2, 0.25) is 5.02 Å². The number of nitrogens with one attached hydrogen (secondary N) is 2. The molecule has 0 saturated carbocycles. The van der Waals surface area contributed by atoms with E-state index in [2.05, 4.69) is 46.7 Å². The van der Waals surface area contributed by atoms with Crippen molar-refractivity contribution in [3.63, 3.8) is 0 Å². The third-order valence-electron chi connectivity index (χ3n) is 7.69. The molecule has 0 atom stereocenters. The third-order valence-corrected chi connectivity index (χ3v) is 7.90. The van der Waals surface area contributed by atoms with Crippen LogP contribution in [-0.2, 0) is 19.6 Å². The van der Waals surface area contributed by atoms with Crippen molar-refractivity contribution in [2.45, 2.75) is 66.7 Å². The Morgan fingerprint density at radius 2 is 1.86 bits per heavy atom. The number of benzene rings is 2. The molecule has 3 heterocycles. The second-order valence-corrected chi connectivity index (χ2v) is 11.6. The van der Waals surface area contributed by atoms with E-state index in [9.17, 15) is 9.59 Å². The van der Waals surface area contributed by atoms with Crippen LogP contribution in [0.3, 0.4) is 0 Å². The molecule has 0 aliphatic carbocycles. The minimum atomic E-state index is -0.263. The Bertz CT molecular complexity index is 1840. The lowest BCUT2D eigenvalue weighted by Crippen LogP contribution is -2.29. The molecule has 0 aliphatic rings. The first-order valence-corrected chi connectivity index (χ1v) is 15.0. The lowest BCUT2D eigenvalue weighted by Gasteiger charge is -2.18. The van der Waals surface area contributed by atoms with Gasteiger partial charge in [0, 0.05) is 52.8 Å². The number of ether oxygens (including phenoxy) is 1. The third kappa shape index (κ3) is 6.37. The standard InChI is InChI=1S/C35H37ClN4O3/c1-6-10-25-15-22(4)39-34(42)31(25)19-37-33(41)28-17-29(27-13-14-40(21(2)3)32(27)23(28)5)30-16-26(36)18-38-35(30)43-20-24-11-8-7-9-12-24/h7-9,11-18,21H,6,10,19-20H2,1-5H3,(H,37,41)(H,39,42). The van der Waals surface area contributed by atoms with E-state index in [1.807, 2.05) is 68.6 Å². The van der Waals surface area contributed by atoms with Gasteiger partial charge in [-0.05, 0) is 80.6 Å². The smallest absolute Gasteiger partial charge is 0.253 e. The number of aromatic amines is 1. The zero-order chi connectivity index (χ0) is 30.7. The fourth-order valence-electron chi connectivity index (χ4n) is 5.60. The van der Waals surface area contributed by atoms with Crippen molar-refractivity contribution >= 4 is 28.4 Å². The number of amides is 1. The molecule has 222 valence electrons. The summed E-state index contributed by atoms with van der Waals surface area (Å²) in [4.78, 5) is 34.1. The van der Waals surface area contributed by atoms with Crippen LogP contribution < -0.4 is 15.6 Å². The highest BCUT2D eigenvalue weighted by atomic mass is 35.5. The summed E-state index contributed by atoms with van der Waals surface area (Å²) in [6, 6.07) is 17.8. The molecule has 2 aromatic carbocycles. The van der Waals surface area contributed by atoms with Crippen molar-refractivity contribution in [2.24, 2.45) is 0 Å². The number of rotatable bonds is 10. The van der Waals surface area contributed by atoms with Crippen molar-refractivity contribution in [2.75, 3.05) is 0 Å². The van der Waals surface area contributed by atoms with E-state index in [0.29, 0.717) is 34.2 Å². The fourth-order valence-corrected chi connectivity index (χ4v) is 5.76. The number of carbonyl (C=O) groups is 1. The second-order valence-electron chi connectivity index (χ2n) is 11.2. The van der Waals surface area contributed by atoms with E-state index in [1.165, 1.54) is 0 Å². The van der Waals surface area contributed by atoms with Crippen molar-refractivity contribution < 1.29 is 9.53 Å². The number of aryl methyl sites for hydroxylation is 3. The largest absolute Gasteiger partial charge is 0.472 e. The lowest BCUT2D eigenvalue weighted by molar-refractivity contribution is 0.0950. The summed E-state index contributed by atoms with van der Waals surface area (Å²) in [7, 11) is 0. The molecule has 2 N–H and O–H groups in total.